The maximum Gasteiger partial charge on any atom is 0.255 e. The first-order valence-corrected chi connectivity index (χ1v) is 8.74. The van der Waals surface area contributed by atoms with E-state index in [0.29, 0.717) is 16.8 Å². The third-order valence-corrected chi connectivity index (χ3v) is 4.79. The quantitative estimate of drug-likeness (QED) is 0.924. The van der Waals surface area contributed by atoms with Crippen LogP contribution in [0.5, 0.6) is 0 Å². The third kappa shape index (κ3) is 4.05. The van der Waals surface area contributed by atoms with E-state index < -0.39 is 0 Å². The first kappa shape index (κ1) is 17.1. The van der Waals surface area contributed by atoms with Gasteiger partial charge in [-0.2, -0.15) is 0 Å². The van der Waals surface area contributed by atoms with Crippen LogP contribution >= 0.6 is 0 Å². The lowest BCUT2D eigenvalue weighted by molar-refractivity contribution is 0.0697. The summed E-state index contributed by atoms with van der Waals surface area (Å²) < 4.78 is 0. The van der Waals surface area contributed by atoms with Gasteiger partial charge in [0.2, 0.25) is 0 Å². The number of aromatic nitrogens is 1. The van der Waals surface area contributed by atoms with Crippen LogP contribution in [-0.2, 0) is 0 Å². The Bertz CT molecular complexity index is 740. The van der Waals surface area contributed by atoms with Gasteiger partial charge in [0.15, 0.2) is 0 Å². The Morgan fingerprint density at radius 3 is 2.44 bits per heavy atom. The molecule has 1 heterocycles. The van der Waals surface area contributed by atoms with E-state index in [1.165, 1.54) is 19.3 Å². The van der Waals surface area contributed by atoms with Crippen molar-refractivity contribution in [1.29, 1.82) is 0 Å². The number of pyridine rings is 1. The zero-order chi connectivity index (χ0) is 17.6. The van der Waals surface area contributed by atoms with Crippen molar-refractivity contribution >= 4 is 17.5 Å². The van der Waals surface area contributed by atoms with E-state index in [1.807, 2.05) is 24.1 Å². The third-order valence-electron chi connectivity index (χ3n) is 4.79. The topological polar surface area (TPSA) is 62.3 Å². The molecule has 1 aromatic carbocycles. The highest BCUT2D eigenvalue weighted by Gasteiger charge is 2.24. The summed E-state index contributed by atoms with van der Waals surface area (Å²) in [6, 6.07) is 10.8. The molecule has 0 atom stereocenters. The second kappa shape index (κ2) is 7.92. The molecule has 0 bridgehead atoms. The van der Waals surface area contributed by atoms with Crippen LogP contribution in [0.4, 0.5) is 5.69 Å². The molecule has 1 aliphatic carbocycles. The fourth-order valence-electron chi connectivity index (χ4n) is 3.30. The molecule has 1 saturated carbocycles. The van der Waals surface area contributed by atoms with E-state index in [2.05, 4.69) is 10.3 Å². The molecule has 2 aromatic rings. The van der Waals surface area contributed by atoms with Crippen molar-refractivity contribution in [3.63, 3.8) is 0 Å². The van der Waals surface area contributed by atoms with Gasteiger partial charge < -0.3 is 10.2 Å². The molecule has 1 aromatic heterocycles. The first-order valence-electron chi connectivity index (χ1n) is 8.74. The molecule has 1 N–H and O–H groups in total. The largest absolute Gasteiger partial charge is 0.339 e. The van der Waals surface area contributed by atoms with Crippen molar-refractivity contribution < 1.29 is 9.59 Å². The maximum absolute atomic E-state index is 12.9. The van der Waals surface area contributed by atoms with E-state index in [-0.39, 0.29) is 17.9 Å². The lowest BCUT2D eigenvalue weighted by atomic mass is 9.94. The molecule has 130 valence electrons. The Labute approximate surface area is 148 Å². The Morgan fingerprint density at radius 1 is 1.04 bits per heavy atom. The molecule has 0 saturated heterocycles. The van der Waals surface area contributed by atoms with Gasteiger partial charge in [0.1, 0.15) is 0 Å². The predicted molar refractivity (Wildman–Crippen MR) is 97.6 cm³/mol. The summed E-state index contributed by atoms with van der Waals surface area (Å²) in [4.78, 5) is 31.1. The second-order valence-electron chi connectivity index (χ2n) is 6.44. The molecule has 3 rings (SSSR count). The Hall–Kier alpha value is -2.69. The molecule has 0 radical (unpaired) electrons. The lowest BCUT2D eigenvalue weighted by Crippen LogP contribution is -2.38. The number of rotatable bonds is 4. The van der Waals surface area contributed by atoms with Crippen LogP contribution in [0.25, 0.3) is 0 Å². The summed E-state index contributed by atoms with van der Waals surface area (Å²) in [7, 11) is 1.86. The molecular weight excluding hydrogens is 314 g/mol. The maximum atomic E-state index is 12.9. The summed E-state index contributed by atoms with van der Waals surface area (Å²) in [6.45, 7) is 0. The smallest absolute Gasteiger partial charge is 0.255 e. The SMILES string of the molecule is CN(C(=O)c1ccccc1NC(=O)c1ccncc1)C1CCCCC1. The van der Waals surface area contributed by atoms with Gasteiger partial charge in [0.05, 0.1) is 11.3 Å². The van der Waals surface area contributed by atoms with Crippen molar-refractivity contribution in [3.8, 4) is 0 Å². The Morgan fingerprint density at radius 2 is 1.72 bits per heavy atom. The van der Waals surface area contributed by atoms with Crippen molar-refractivity contribution in [3.05, 3.63) is 59.9 Å². The van der Waals surface area contributed by atoms with Crippen molar-refractivity contribution in [2.24, 2.45) is 0 Å². The first-order chi connectivity index (χ1) is 12.2. The van der Waals surface area contributed by atoms with Crippen LogP contribution in [0.2, 0.25) is 0 Å². The number of para-hydroxylation sites is 1. The molecule has 25 heavy (non-hydrogen) atoms. The van der Waals surface area contributed by atoms with Crippen LogP contribution in [0.3, 0.4) is 0 Å². The summed E-state index contributed by atoms with van der Waals surface area (Å²) in [5.74, 6) is -0.291. The van der Waals surface area contributed by atoms with Gasteiger partial charge >= 0.3 is 0 Å². The molecule has 2 amide bonds. The molecule has 0 unspecified atom stereocenters. The van der Waals surface area contributed by atoms with Gasteiger partial charge in [-0.1, -0.05) is 31.4 Å². The van der Waals surface area contributed by atoms with E-state index in [4.69, 9.17) is 0 Å². The molecule has 5 heteroatoms. The number of benzene rings is 1. The van der Waals surface area contributed by atoms with E-state index in [1.54, 1.807) is 36.7 Å². The summed E-state index contributed by atoms with van der Waals surface area (Å²) >= 11 is 0. The zero-order valence-corrected chi connectivity index (χ0v) is 14.4. The molecule has 0 aliphatic heterocycles. The number of carbonyl (C=O) groups excluding carboxylic acids is 2. The molecule has 1 aliphatic rings. The second-order valence-corrected chi connectivity index (χ2v) is 6.44. The average Bonchev–Trinajstić information content (AvgIpc) is 2.68. The van der Waals surface area contributed by atoms with E-state index in [0.717, 1.165) is 12.8 Å². The molecule has 5 nitrogen and oxygen atoms in total. The fourth-order valence-corrected chi connectivity index (χ4v) is 3.30. The number of carbonyl (C=O) groups is 2. The fraction of sp³-hybridized carbons (Fsp3) is 0.350. The van der Waals surface area contributed by atoms with Crippen LogP contribution in [0.15, 0.2) is 48.8 Å². The highest BCUT2D eigenvalue weighted by atomic mass is 16.2. The van der Waals surface area contributed by atoms with Crippen LogP contribution < -0.4 is 5.32 Å². The Kier molecular flexibility index (Phi) is 5.43. The van der Waals surface area contributed by atoms with Crippen LogP contribution in [0.1, 0.15) is 52.8 Å². The van der Waals surface area contributed by atoms with Gasteiger partial charge in [0.25, 0.3) is 11.8 Å². The number of nitrogens with zero attached hydrogens (tertiary/aromatic N) is 2. The zero-order valence-electron chi connectivity index (χ0n) is 14.4. The van der Waals surface area contributed by atoms with Gasteiger partial charge in [-0.3, -0.25) is 14.6 Å². The summed E-state index contributed by atoms with van der Waals surface area (Å²) in [5.41, 5.74) is 1.58. The predicted octanol–water partition coefficient (Wildman–Crippen LogP) is 3.74. The standard InChI is InChI=1S/C20H23N3O2/c1-23(16-7-3-2-4-8-16)20(25)17-9-5-6-10-18(17)22-19(24)15-11-13-21-14-12-15/h5-6,9-14,16H,2-4,7-8H2,1H3,(H,22,24). The van der Waals surface area contributed by atoms with Gasteiger partial charge in [-0.05, 0) is 37.1 Å². The highest BCUT2D eigenvalue weighted by Crippen LogP contribution is 2.25. The summed E-state index contributed by atoms with van der Waals surface area (Å²) in [5, 5.41) is 2.85. The molecule has 1 fully saturated rings. The monoisotopic (exact) mass is 337 g/mol. The van der Waals surface area contributed by atoms with Crippen LogP contribution in [0, 0.1) is 0 Å². The van der Waals surface area contributed by atoms with Crippen molar-refractivity contribution in [2.75, 3.05) is 12.4 Å². The number of hydrogen-bond donors (Lipinski definition) is 1. The highest BCUT2D eigenvalue weighted by molar-refractivity contribution is 6.08. The average molecular weight is 337 g/mol. The minimum Gasteiger partial charge on any atom is -0.339 e. The molecular formula is C20H23N3O2. The minimum atomic E-state index is -0.247. The lowest BCUT2D eigenvalue weighted by Gasteiger charge is -2.31. The van der Waals surface area contributed by atoms with Crippen LogP contribution in [-0.4, -0.2) is 34.8 Å². The van der Waals surface area contributed by atoms with Gasteiger partial charge in [-0.15, -0.1) is 0 Å². The number of amides is 2. The van der Waals surface area contributed by atoms with Gasteiger partial charge in [-0.25, -0.2) is 0 Å². The molecule has 0 spiro atoms. The summed E-state index contributed by atoms with van der Waals surface area (Å²) in [6.07, 6.45) is 8.83. The van der Waals surface area contributed by atoms with Crippen molar-refractivity contribution in [1.82, 2.24) is 9.88 Å². The van der Waals surface area contributed by atoms with Crippen molar-refractivity contribution in [2.45, 2.75) is 38.1 Å². The van der Waals surface area contributed by atoms with E-state index in [9.17, 15) is 9.59 Å². The van der Waals surface area contributed by atoms with Gasteiger partial charge in [0, 0.05) is 31.0 Å². The minimum absolute atomic E-state index is 0.0440. The number of nitrogens with one attached hydrogen (secondary N) is 1. The Balaban J connectivity index is 1.78. The normalized spacial score (nSPS) is 14.8. The number of anilines is 1. The van der Waals surface area contributed by atoms with E-state index >= 15 is 0 Å². The number of hydrogen-bond acceptors (Lipinski definition) is 3.